The van der Waals surface area contributed by atoms with Crippen molar-refractivity contribution in [3.8, 4) is 39.1 Å². The third-order valence-corrected chi connectivity index (χ3v) is 12.2. The summed E-state index contributed by atoms with van der Waals surface area (Å²) < 4.78 is 2.34. The van der Waals surface area contributed by atoms with Crippen molar-refractivity contribution in [1.82, 2.24) is 9.55 Å². The van der Waals surface area contributed by atoms with Gasteiger partial charge in [-0.3, -0.25) is 4.57 Å². The molecule has 0 aliphatic carbocycles. The Hall–Kier alpha value is -7.55. The Morgan fingerprint density at radius 3 is 1.68 bits per heavy atom. The summed E-state index contributed by atoms with van der Waals surface area (Å²) in [7, 11) is 0. The van der Waals surface area contributed by atoms with Crippen molar-refractivity contribution in [2.45, 2.75) is 20.8 Å². The number of nitrogens with zero attached hydrogens (tertiary/aromatic N) is 2. The van der Waals surface area contributed by atoms with E-state index in [1.165, 1.54) is 92.6 Å². The van der Waals surface area contributed by atoms with Crippen LogP contribution in [0.3, 0.4) is 0 Å². The van der Waals surface area contributed by atoms with E-state index in [0.717, 1.165) is 27.8 Å². The summed E-state index contributed by atoms with van der Waals surface area (Å²) in [6, 6.07) is 71.4. The molecule has 0 aliphatic heterocycles. The van der Waals surface area contributed by atoms with Crippen molar-refractivity contribution in [2.75, 3.05) is 0 Å². The third-order valence-electron chi connectivity index (χ3n) is 12.2. The summed E-state index contributed by atoms with van der Waals surface area (Å²) in [5, 5.41) is 14.8. The second-order valence-corrected chi connectivity index (χ2v) is 15.6. The number of fused-ring (bicyclic) bond motifs is 9. The minimum absolute atomic E-state index is 0.951. The first-order valence-electron chi connectivity index (χ1n) is 21.0. The second-order valence-electron chi connectivity index (χ2n) is 15.6. The first-order valence-corrected chi connectivity index (χ1v) is 21.0. The van der Waals surface area contributed by atoms with E-state index in [1.807, 2.05) is 20.0 Å². The molecule has 284 valence electrons. The van der Waals surface area contributed by atoms with Gasteiger partial charge in [-0.25, -0.2) is 4.98 Å². The summed E-state index contributed by atoms with van der Waals surface area (Å²) in [5.41, 5.74) is 11.7. The Morgan fingerprint density at radius 1 is 0.367 bits per heavy atom. The predicted molar refractivity (Wildman–Crippen MR) is 258 cm³/mol. The van der Waals surface area contributed by atoms with E-state index < -0.39 is 0 Å². The van der Waals surface area contributed by atoms with Crippen molar-refractivity contribution >= 4 is 75.8 Å². The topological polar surface area (TPSA) is 17.8 Å². The smallest absolute Gasteiger partial charge is 0.145 e. The average Bonchev–Trinajstić information content (AvgIpc) is 3.64. The summed E-state index contributed by atoms with van der Waals surface area (Å²) in [4.78, 5) is 5.24. The molecule has 0 N–H and O–H groups in total. The van der Waals surface area contributed by atoms with Gasteiger partial charge in [-0.2, -0.15) is 0 Å². The minimum atomic E-state index is 0.951. The van der Waals surface area contributed by atoms with Gasteiger partial charge >= 0.3 is 0 Å². The van der Waals surface area contributed by atoms with Gasteiger partial charge in [0.2, 0.25) is 0 Å². The number of aryl methyl sites for hydroxylation is 1. The lowest BCUT2D eigenvalue weighted by Crippen LogP contribution is -1.96. The van der Waals surface area contributed by atoms with Gasteiger partial charge in [-0.1, -0.05) is 177 Å². The number of benzene rings is 10. The quantitative estimate of drug-likeness (QED) is 0.129. The summed E-state index contributed by atoms with van der Waals surface area (Å²) in [6.45, 7) is 6.15. The van der Waals surface area contributed by atoms with E-state index in [0.29, 0.717) is 0 Å². The molecule has 0 saturated heterocycles. The van der Waals surface area contributed by atoms with Gasteiger partial charge in [-0.05, 0) is 125 Å². The Morgan fingerprint density at radius 2 is 0.967 bits per heavy atom. The highest BCUT2D eigenvalue weighted by Crippen LogP contribution is 2.47. The number of pyridine rings is 1. The van der Waals surface area contributed by atoms with Crippen LogP contribution < -0.4 is 0 Å². The number of hydrogen-bond donors (Lipinski definition) is 0. The zero-order chi connectivity index (χ0) is 40.3. The van der Waals surface area contributed by atoms with Crippen molar-refractivity contribution in [2.24, 2.45) is 0 Å². The first-order chi connectivity index (χ1) is 29.7. The molecule has 0 fully saturated rings. The molecule has 0 bridgehead atoms. The van der Waals surface area contributed by atoms with Crippen molar-refractivity contribution in [3.05, 3.63) is 206 Å². The molecule has 12 aromatic rings. The van der Waals surface area contributed by atoms with Crippen molar-refractivity contribution in [3.63, 3.8) is 0 Å². The normalized spacial score (nSPS) is 11.6. The fourth-order valence-corrected chi connectivity index (χ4v) is 9.60. The number of rotatable bonds is 4. The average molecular weight is 767 g/mol. The highest BCUT2D eigenvalue weighted by molar-refractivity contribution is 6.26. The lowest BCUT2D eigenvalue weighted by molar-refractivity contribution is 1.14. The lowest BCUT2D eigenvalue weighted by atomic mass is 9.83. The van der Waals surface area contributed by atoms with E-state index in [9.17, 15) is 0 Å². The van der Waals surface area contributed by atoms with Gasteiger partial charge in [0.05, 0.1) is 5.52 Å². The molecular weight excluding hydrogens is 725 g/mol. The SMILES string of the molecule is CC.Cc1cccc(-c2cnc3c(c2)c2cc(-c4c5ccccc5c(-c5cc6ccccc6c6ccccc56)c5ccccc45)ccc2n3-c2ccc3ccccc3c2)c1. The standard InChI is InChI=1S/C56H36N2.C2H6/c1-35-13-12-17-37(29-35)41-33-52-50-32-40(26-28-53(50)58(56(52)57-34-41)42-27-25-36-14-2-3-15-38(36)30-42)54-46-21-8-10-23-48(46)55(49-24-11-9-22-47(49)54)51-31-39-16-4-5-18-43(39)44-19-6-7-20-45(44)51;1-2/h2-34H,1H3;1-2H3. The molecule has 2 aromatic heterocycles. The second kappa shape index (κ2) is 14.4. The van der Waals surface area contributed by atoms with E-state index >= 15 is 0 Å². The molecule has 0 amide bonds. The van der Waals surface area contributed by atoms with E-state index in [1.54, 1.807) is 0 Å². The molecule has 0 spiro atoms. The first kappa shape index (κ1) is 35.6. The molecule has 0 radical (unpaired) electrons. The Kier molecular flexibility index (Phi) is 8.53. The van der Waals surface area contributed by atoms with Gasteiger partial charge in [0.25, 0.3) is 0 Å². The fourth-order valence-electron chi connectivity index (χ4n) is 9.60. The van der Waals surface area contributed by atoms with E-state index in [4.69, 9.17) is 4.98 Å². The number of hydrogen-bond acceptors (Lipinski definition) is 1. The highest BCUT2D eigenvalue weighted by Gasteiger charge is 2.21. The molecule has 2 heteroatoms. The fraction of sp³-hybridized carbons (Fsp3) is 0.0517. The van der Waals surface area contributed by atoms with Crippen LogP contribution in [0.2, 0.25) is 0 Å². The number of aromatic nitrogens is 2. The van der Waals surface area contributed by atoms with Crippen molar-refractivity contribution in [1.29, 1.82) is 0 Å². The molecule has 2 nitrogen and oxygen atoms in total. The monoisotopic (exact) mass is 766 g/mol. The van der Waals surface area contributed by atoms with Crippen LogP contribution in [0.25, 0.3) is 115 Å². The third kappa shape index (κ3) is 5.60. The zero-order valence-corrected chi connectivity index (χ0v) is 33.9. The molecule has 12 rings (SSSR count). The summed E-state index contributed by atoms with van der Waals surface area (Å²) in [5.74, 6) is 0. The van der Waals surface area contributed by atoms with Crippen LogP contribution in [0.4, 0.5) is 0 Å². The van der Waals surface area contributed by atoms with Crippen LogP contribution >= 0.6 is 0 Å². The van der Waals surface area contributed by atoms with Crippen LogP contribution in [-0.2, 0) is 0 Å². The summed E-state index contributed by atoms with van der Waals surface area (Å²) in [6.07, 6.45) is 2.03. The lowest BCUT2D eigenvalue weighted by Gasteiger charge is -2.19. The molecule has 0 atom stereocenters. The highest BCUT2D eigenvalue weighted by atomic mass is 15.0. The molecule has 60 heavy (non-hydrogen) atoms. The maximum Gasteiger partial charge on any atom is 0.145 e. The maximum absolute atomic E-state index is 5.24. The molecular formula is C58H42N2. The van der Waals surface area contributed by atoms with Gasteiger partial charge in [0.1, 0.15) is 5.65 Å². The Bertz CT molecular complexity index is 3590. The van der Waals surface area contributed by atoms with Crippen LogP contribution in [0, 0.1) is 6.92 Å². The minimum Gasteiger partial charge on any atom is -0.294 e. The Balaban J connectivity index is 0.00000201. The van der Waals surface area contributed by atoms with Crippen molar-refractivity contribution < 1.29 is 0 Å². The molecule has 0 unspecified atom stereocenters. The van der Waals surface area contributed by atoms with Gasteiger partial charge in [-0.15, -0.1) is 0 Å². The predicted octanol–water partition coefficient (Wildman–Crippen LogP) is 16.3. The molecule has 10 aromatic carbocycles. The van der Waals surface area contributed by atoms with Crippen LogP contribution in [0.5, 0.6) is 0 Å². The van der Waals surface area contributed by atoms with Gasteiger partial charge < -0.3 is 0 Å². The maximum atomic E-state index is 5.24. The van der Waals surface area contributed by atoms with Crippen LogP contribution in [-0.4, -0.2) is 9.55 Å². The molecule has 0 aliphatic rings. The van der Waals surface area contributed by atoms with Gasteiger partial charge in [0, 0.05) is 28.2 Å². The van der Waals surface area contributed by atoms with E-state index in [-0.39, 0.29) is 0 Å². The molecule has 0 saturated carbocycles. The van der Waals surface area contributed by atoms with Crippen LogP contribution in [0.15, 0.2) is 200 Å². The molecule has 2 heterocycles. The largest absolute Gasteiger partial charge is 0.294 e. The summed E-state index contributed by atoms with van der Waals surface area (Å²) >= 11 is 0. The zero-order valence-electron chi connectivity index (χ0n) is 33.9. The van der Waals surface area contributed by atoms with E-state index in [2.05, 4.69) is 206 Å². The Labute approximate surface area is 349 Å². The van der Waals surface area contributed by atoms with Gasteiger partial charge in [0.15, 0.2) is 0 Å². The van der Waals surface area contributed by atoms with Crippen LogP contribution in [0.1, 0.15) is 19.4 Å².